The van der Waals surface area contributed by atoms with Crippen molar-refractivity contribution >= 4 is 41.2 Å². The number of hydrogen-bond acceptors (Lipinski definition) is 12. The van der Waals surface area contributed by atoms with Gasteiger partial charge in [-0.2, -0.15) is 8.42 Å². The third kappa shape index (κ3) is 11.0. The van der Waals surface area contributed by atoms with Crippen LogP contribution in [0.1, 0.15) is 38.5 Å². The van der Waals surface area contributed by atoms with E-state index in [2.05, 4.69) is 20.1 Å². The van der Waals surface area contributed by atoms with E-state index in [-0.39, 0.29) is 33.3 Å². The molecule has 0 heterocycles. The van der Waals surface area contributed by atoms with Gasteiger partial charge in [0.05, 0.1) is 43.9 Å². The zero-order chi connectivity index (χ0) is 32.2. The van der Waals surface area contributed by atoms with Crippen LogP contribution in [0.5, 0.6) is 0 Å². The van der Waals surface area contributed by atoms with Crippen molar-refractivity contribution in [3.8, 4) is 0 Å². The molecule has 232 valence electrons. The summed E-state index contributed by atoms with van der Waals surface area (Å²) in [4.78, 5) is 24.5. The molecule has 2 aromatic rings. The van der Waals surface area contributed by atoms with Gasteiger partial charge in [0.25, 0.3) is 30.5 Å². The lowest BCUT2D eigenvalue weighted by molar-refractivity contribution is -0.385. The first-order valence-electron chi connectivity index (χ1n) is 12.3. The summed E-state index contributed by atoms with van der Waals surface area (Å²) in [6, 6.07) is 8.07. The molecule has 21 heteroatoms. The maximum Gasteiger partial charge on any atom is 0.297 e. The van der Waals surface area contributed by atoms with Crippen LogP contribution in [0.25, 0.3) is 20.9 Å². The highest BCUT2D eigenvalue weighted by molar-refractivity contribution is 8.13. The number of halogens is 1. The molecule has 0 bridgehead atoms. The third-order valence-corrected chi connectivity index (χ3v) is 8.90. The fourth-order valence-electron chi connectivity index (χ4n) is 4.02. The Bertz CT molecular complexity index is 1600. The first kappa shape index (κ1) is 35.2. The SMILES string of the molecule is O=[N+]([O-])c1ccc(S(=O)(=O)Cl)cc1.[N-]=[N+]=N[C@@H]1CCC[C@H]1O.[N-]=[N+]=N[C@@H]1CCC[C@H]1OS(=O)(=O)c1ccc([N+](=O)[O-])cc1. The average Bonchev–Trinajstić information content (AvgIpc) is 3.57. The number of nitro groups is 2. The van der Waals surface area contributed by atoms with E-state index >= 15 is 0 Å². The fourth-order valence-corrected chi connectivity index (χ4v) is 5.92. The Balaban J connectivity index is 0.000000249. The van der Waals surface area contributed by atoms with E-state index in [1.165, 1.54) is 0 Å². The largest absolute Gasteiger partial charge is 0.393 e. The van der Waals surface area contributed by atoms with Crippen LogP contribution in [-0.2, 0) is 23.4 Å². The third-order valence-electron chi connectivity index (χ3n) is 6.18. The number of nitrogens with zero attached hydrogens (tertiary/aromatic N) is 8. The second kappa shape index (κ2) is 16.0. The highest BCUT2D eigenvalue weighted by atomic mass is 35.7. The number of non-ortho nitro benzene ring substituents is 2. The molecule has 0 radical (unpaired) electrons. The summed E-state index contributed by atoms with van der Waals surface area (Å²) in [6.07, 6.45) is 3.28. The number of nitro benzene ring substituents is 2. The molecule has 0 unspecified atom stereocenters. The Hall–Kier alpha value is -4.03. The molecule has 4 atom stereocenters. The highest BCUT2D eigenvalue weighted by Gasteiger charge is 2.32. The van der Waals surface area contributed by atoms with Crippen LogP contribution in [0.4, 0.5) is 11.4 Å². The number of benzene rings is 2. The van der Waals surface area contributed by atoms with Crippen LogP contribution in [0, 0.1) is 20.2 Å². The molecule has 0 amide bonds. The molecule has 2 aromatic carbocycles. The van der Waals surface area contributed by atoms with Crippen molar-refractivity contribution in [2.24, 2.45) is 10.2 Å². The predicted octanol–water partition coefficient (Wildman–Crippen LogP) is 5.26. The molecule has 0 aliphatic heterocycles. The number of azide groups is 2. The monoisotopic (exact) mass is 660 g/mol. The van der Waals surface area contributed by atoms with E-state index < -0.39 is 41.2 Å². The molecule has 4 rings (SSSR count). The quantitative estimate of drug-likeness (QED) is 0.0727. The number of aliphatic hydroxyl groups is 1. The molecule has 18 nitrogen and oxygen atoms in total. The molecule has 2 aliphatic carbocycles. The first-order valence-corrected chi connectivity index (χ1v) is 16.0. The van der Waals surface area contributed by atoms with Gasteiger partial charge in [0.15, 0.2) is 0 Å². The van der Waals surface area contributed by atoms with Crippen molar-refractivity contribution in [1.82, 2.24) is 0 Å². The molecule has 2 aliphatic rings. The number of rotatable bonds is 8. The van der Waals surface area contributed by atoms with Crippen molar-refractivity contribution in [2.45, 2.75) is 72.6 Å². The molecular weight excluding hydrogens is 636 g/mol. The summed E-state index contributed by atoms with van der Waals surface area (Å²) >= 11 is 0. The van der Waals surface area contributed by atoms with E-state index in [1.54, 1.807) is 0 Å². The Morgan fingerprint density at radius 2 is 1.23 bits per heavy atom. The summed E-state index contributed by atoms with van der Waals surface area (Å²) in [7, 11) is -2.85. The smallest absolute Gasteiger partial charge is 0.297 e. The van der Waals surface area contributed by atoms with E-state index in [0.717, 1.165) is 67.8 Å². The maximum atomic E-state index is 12.1. The van der Waals surface area contributed by atoms with E-state index in [1.807, 2.05) is 0 Å². The summed E-state index contributed by atoms with van der Waals surface area (Å²) in [6.45, 7) is 0. The second-order valence-corrected chi connectivity index (χ2v) is 13.1. The Kier molecular flexibility index (Phi) is 13.1. The summed E-state index contributed by atoms with van der Waals surface area (Å²) < 4.78 is 50.7. The van der Waals surface area contributed by atoms with Crippen LogP contribution in [0.15, 0.2) is 68.6 Å². The molecule has 0 spiro atoms. The van der Waals surface area contributed by atoms with Crippen molar-refractivity contribution in [3.63, 3.8) is 0 Å². The van der Waals surface area contributed by atoms with Gasteiger partial charge in [-0.1, -0.05) is 23.1 Å². The van der Waals surface area contributed by atoms with Gasteiger partial charge in [0, 0.05) is 44.8 Å². The molecule has 1 N–H and O–H groups in total. The van der Waals surface area contributed by atoms with Gasteiger partial charge >= 0.3 is 0 Å². The highest BCUT2D eigenvalue weighted by Crippen LogP contribution is 2.29. The van der Waals surface area contributed by atoms with Crippen LogP contribution in [0.2, 0.25) is 0 Å². The molecule has 2 fully saturated rings. The minimum atomic E-state index is -4.04. The number of hydrogen-bond donors (Lipinski definition) is 1. The lowest BCUT2D eigenvalue weighted by Crippen LogP contribution is -2.24. The van der Waals surface area contributed by atoms with Crippen molar-refractivity contribution in [3.05, 3.63) is 89.6 Å². The Morgan fingerprint density at radius 1 is 0.791 bits per heavy atom. The fraction of sp³-hybridized carbons (Fsp3) is 0.455. The Labute approximate surface area is 249 Å². The zero-order valence-electron chi connectivity index (χ0n) is 22.1. The lowest BCUT2D eigenvalue weighted by Gasteiger charge is -2.15. The van der Waals surface area contributed by atoms with Crippen molar-refractivity contribution in [1.29, 1.82) is 0 Å². The molecule has 0 saturated heterocycles. The summed E-state index contributed by atoms with van der Waals surface area (Å²) in [5.41, 5.74) is 16.0. The molecular formula is C22H25ClN8O10S2. The lowest BCUT2D eigenvalue weighted by atomic mass is 10.2. The minimum absolute atomic E-state index is 0.153. The van der Waals surface area contributed by atoms with Crippen molar-refractivity contribution < 1.29 is 36.0 Å². The minimum Gasteiger partial charge on any atom is -0.393 e. The van der Waals surface area contributed by atoms with E-state index in [4.69, 9.17) is 31.0 Å². The van der Waals surface area contributed by atoms with Gasteiger partial charge < -0.3 is 5.11 Å². The van der Waals surface area contributed by atoms with Gasteiger partial charge in [-0.3, -0.25) is 24.4 Å². The standard InChI is InChI=1S/C11H12N4O5S.C6H4ClNO4S.C5H9N3O/c12-14-13-10-2-1-3-11(10)20-21(18,19)9-6-4-8(5-7-9)15(16)17;7-13(11,12)6-3-1-5(2-4-6)8(9)10;6-8-7-4-2-1-3-5(4)9/h4-7,10-11H,1-3H2;1-4H;4-5,9H,1-3H2/t10-,11-;;4-,5-/m1.1/s1. The number of aliphatic hydroxyl groups excluding tert-OH is 1. The predicted molar refractivity (Wildman–Crippen MR) is 151 cm³/mol. The topological polar surface area (TPSA) is 282 Å². The average molecular weight is 661 g/mol. The molecule has 2 saturated carbocycles. The van der Waals surface area contributed by atoms with Crippen LogP contribution in [0.3, 0.4) is 0 Å². The zero-order valence-corrected chi connectivity index (χ0v) is 24.5. The van der Waals surface area contributed by atoms with E-state index in [0.29, 0.717) is 19.3 Å². The van der Waals surface area contributed by atoms with Crippen molar-refractivity contribution in [2.75, 3.05) is 0 Å². The molecule has 0 aromatic heterocycles. The van der Waals surface area contributed by atoms with Crippen LogP contribution >= 0.6 is 10.7 Å². The van der Waals surface area contributed by atoms with Gasteiger partial charge in [0.1, 0.15) is 0 Å². The summed E-state index contributed by atoms with van der Waals surface area (Å²) in [5, 5.41) is 36.7. The van der Waals surface area contributed by atoms with Gasteiger partial charge in [-0.05, 0) is 61.0 Å². The van der Waals surface area contributed by atoms with Crippen LogP contribution < -0.4 is 0 Å². The first-order chi connectivity index (χ1) is 20.2. The summed E-state index contributed by atoms with van der Waals surface area (Å²) in [5.74, 6) is 0. The Morgan fingerprint density at radius 3 is 1.65 bits per heavy atom. The van der Waals surface area contributed by atoms with Gasteiger partial charge in [0.2, 0.25) is 0 Å². The maximum absolute atomic E-state index is 12.1. The van der Waals surface area contributed by atoms with Gasteiger partial charge in [-0.15, -0.1) is 0 Å². The normalized spacial score (nSPS) is 21.1. The molecule has 43 heavy (non-hydrogen) atoms. The van der Waals surface area contributed by atoms with E-state index in [9.17, 15) is 37.1 Å². The second-order valence-electron chi connectivity index (χ2n) is 9.00. The van der Waals surface area contributed by atoms with Gasteiger partial charge in [-0.25, -0.2) is 8.42 Å². The van der Waals surface area contributed by atoms with Crippen LogP contribution in [-0.4, -0.2) is 56.1 Å².